The van der Waals surface area contributed by atoms with Crippen LogP contribution in [-0.2, 0) is 11.3 Å². The molecule has 1 rings (SSSR count). The zero-order chi connectivity index (χ0) is 9.40. The molecule has 1 aromatic carbocycles. The van der Waals surface area contributed by atoms with Crippen LogP contribution in [0.5, 0.6) is 0 Å². The molecule has 0 heterocycles. The number of hydrogen-bond acceptors (Lipinski definition) is 1. The Morgan fingerprint density at radius 2 is 1.92 bits per heavy atom. The molecule has 68 valence electrons. The molecule has 0 unspecified atom stereocenters. The van der Waals surface area contributed by atoms with Crippen molar-refractivity contribution in [1.82, 2.24) is 0 Å². The van der Waals surface area contributed by atoms with Gasteiger partial charge in [0.1, 0.15) is 0 Å². The van der Waals surface area contributed by atoms with Crippen molar-refractivity contribution >= 4 is 0 Å². The summed E-state index contributed by atoms with van der Waals surface area (Å²) in [5, 5.41) is 0. The largest absolute Gasteiger partial charge is 0.380 e. The predicted octanol–water partition coefficient (Wildman–Crippen LogP) is 3.17. The van der Waals surface area contributed by atoms with Crippen molar-refractivity contribution in [2.45, 2.75) is 27.4 Å². The second-order valence-electron chi connectivity index (χ2n) is 2.42. The van der Waals surface area contributed by atoms with E-state index in [0.717, 1.165) is 0 Å². The highest BCUT2D eigenvalue weighted by Gasteiger charge is 1.89. The van der Waals surface area contributed by atoms with E-state index in [1.54, 1.807) is 7.11 Å². The maximum absolute atomic E-state index is 4.98. The molecule has 12 heavy (non-hydrogen) atoms. The molecule has 0 aliphatic heterocycles. The van der Waals surface area contributed by atoms with Gasteiger partial charge >= 0.3 is 0 Å². The van der Waals surface area contributed by atoms with Gasteiger partial charge in [0.2, 0.25) is 0 Å². The van der Waals surface area contributed by atoms with Gasteiger partial charge in [-0.25, -0.2) is 0 Å². The van der Waals surface area contributed by atoms with E-state index in [4.69, 9.17) is 4.74 Å². The number of rotatable bonds is 2. The van der Waals surface area contributed by atoms with Crippen molar-refractivity contribution in [3.63, 3.8) is 0 Å². The van der Waals surface area contributed by atoms with Crippen molar-refractivity contribution in [2.24, 2.45) is 0 Å². The summed E-state index contributed by atoms with van der Waals surface area (Å²) in [5.74, 6) is 0. The van der Waals surface area contributed by atoms with Crippen molar-refractivity contribution < 1.29 is 4.74 Å². The summed E-state index contributed by atoms with van der Waals surface area (Å²) in [6, 6.07) is 8.32. The van der Waals surface area contributed by atoms with Gasteiger partial charge in [0.05, 0.1) is 6.61 Å². The molecule has 0 fully saturated rings. The van der Waals surface area contributed by atoms with Crippen LogP contribution in [0.2, 0.25) is 0 Å². The van der Waals surface area contributed by atoms with Crippen LogP contribution < -0.4 is 0 Å². The first-order valence-electron chi connectivity index (χ1n) is 4.37. The van der Waals surface area contributed by atoms with Crippen LogP contribution in [0.1, 0.15) is 25.0 Å². The van der Waals surface area contributed by atoms with Gasteiger partial charge < -0.3 is 4.74 Å². The third kappa shape index (κ3) is 4.14. The minimum absolute atomic E-state index is 0.710. The van der Waals surface area contributed by atoms with E-state index >= 15 is 0 Å². The van der Waals surface area contributed by atoms with Gasteiger partial charge in [-0.3, -0.25) is 0 Å². The standard InChI is InChI=1S/C9H12O.C2H6/c1-8-4-3-5-9(6-8)7-10-2;1-2/h3-6H,7H2,1-2H3;1-2H3. The van der Waals surface area contributed by atoms with Crippen molar-refractivity contribution in [2.75, 3.05) is 7.11 Å². The number of benzene rings is 1. The normalized spacial score (nSPS) is 8.67. The van der Waals surface area contributed by atoms with Crippen LogP contribution in [-0.4, -0.2) is 7.11 Å². The molecule has 0 bridgehead atoms. The third-order valence-electron chi connectivity index (χ3n) is 1.39. The van der Waals surface area contributed by atoms with E-state index in [0.29, 0.717) is 6.61 Å². The highest BCUT2D eigenvalue weighted by atomic mass is 16.5. The second-order valence-corrected chi connectivity index (χ2v) is 2.42. The Balaban J connectivity index is 0.000000561. The van der Waals surface area contributed by atoms with E-state index < -0.39 is 0 Å². The molecule has 1 heteroatoms. The maximum Gasteiger partial charge on any atom is 0.0713 e. The fourth-order valence-electron chi connectivity index (χ4n) is 0.969. The fraction of sp³-hybridized carbons (Fsp3) is 0.455. The average Bonchev–Trinajstić information content (AvgIpc) is 2.09. The van der Waals surface area contributed by atoms with E-state index in [-0.39, 0.29) is 0 Å². The first kappa shape index (κ1) is 11.2. The molecule has 0 radical (unpaired) electrons. The molecule has 0 amide bonds. The van der Waals surface area contributed by atoms with Crippen LogP contribution in [0, 0.1) is 6.92 Å². The van der Waals surface area contributed by atoms with Crippen LogP contribution in [0.25, 0.3) is 0 Å². The molecule has 0 spiro atoms. The van der Waals surface area contributed by atoms with E-state index in [1.807, 2.05) is 19.9 Å². The van der Waals surface area contributed by atoms with Crippen LogP contribution in [0.4, 0.5) is 0 Å². The summed E-state index contributed by atoms with van der Waals surface area (Å²) >= 11 is 0. The fourth-order valence-corrected chi connectivity index (χ4v) is 0.969. The smallest absolute Gasteiger partial charge is 0.0713 e. The zero-order valence-corrected chi connectivity index (χ0v) is 8.42. The minimum Gasteiger partial charge on any atom is -0.380 e. The average molecular weight is 166 g/mol. The van der Waals surface area contributed by atoms with E-state index in [9.17, 15) is 0 Å². The van der Waals surface area contributed by atoms with Crippen LogP contribution in [0.3, 0.4) is 0 Å². The summed E-state index contributed by atoms with van der Waals surface area (Å²) in [5.41, 5.74) is 2.53. The summed E-state index contributed by atoms with van der Waals surface area (Å²) in [4.78, 5) is 0. The van der Waals surface area contributed by atoms with Gasteiger partial charge in [-0.15, -0.1) is 0 Å². The predicted molar refractivity (Wildman–Crippen MR) is 53.2 cm³/mol. The molecule has 0 aromatic heterocycles. The highest BCUT2D eigenvalue weighted by molar-refractivity contribution is 5.21. The Labute approximate surface area is 75.4 Å². The summed E-state index contributed by atoms with van der Waals surface area (Å²) in [6.45, 7) is 6.79. The van der Waals surface area contributed by atoms with Crippen molar-refractivity contribution in [3.8, 4) is 0 Å². The lowest BCUT2D eigenvalue weighted by Gasteiger charge is -1.98. The van der Waals surface area contributed by atoms with Crippen molar-refractivity contribution in [1.29, 1.82) is 0 Å². The molecular weight excluding hydrogens is 148 g/mol. The highest BCUT2D eigenvalue weighted by Crippen LogP contribution is 2.03. The SMILES string of the molecule is CC.COCc1cccc(C)c1. The first-order valence-corrected chi connectivity index (χ1v) is 4.37. The first-order chi connectivity index (χ1) is 5.83. The van der Waals surface area contributed by atoms with Gasteiger partial charge in [0.15, 0.2) is 0 Å². The lowest BCUT2D eigenvalue weighted by atomic mass is 10.1. The lowest BCUT2D eigenvalue weighted by molar-refractivity contribution is 0.185. The molecule has 0 aliphatic rings. The minimum atomic E-state index is 0.710. The zero-order valence-electron chi connectivity index (χ0n) is 8.42. The second kappa shape index (κ2) is 6.86. The van der Waals surface area contributed by atoms with E-state index in [1.165, 1.54) is 11.1 Å². The van der Waals surface area contributed by atoms with Crippen LogP contribution in [0.15, 0.2) is 24.3 Å². The molecule has 0 N–H and O–H groups in total. The maximum atomic E-state index is 4.98. The number of methoxy groups -OCH3 is 1. The Bertz CT molecular complexity index is 206. The molecule has 0 atom stereocenters. The Morgan fingerprint density at radius 3 is 2.42 bits per heavy atom. The molecule has 0 saturated carbocycles. The molecule has 1 aromatic rings. The Kier molecular flexibility index (Phi) is 6.39. The van der Waals surface area contributed by atoms with Gasteiger partial charge in [-0.05, 0) is 12.5 Å². The third-order valence-corrected chi connectivity index (χ3v) is 1.39. The number of ether oxygens (including phenoxy) is 1. The van der Waals surface area contributed by atoms with Gasteiger partial charge in [-0.1, -0.05) is 43.7 Å². The summed E-state index contributed by atoms with van der Waals surface area (Å²) in [7, 11) is 1.71. The monoisotopic (exact) mass is 166 g/mol. The lowest BCUT2D eigenvalue weighted by Crippen LogP contribution is -1.86. The number of hydrogen-bond donors (Lipinski definition) is 0. The van der Waals surface area contributed by atoms with Crippen LogP contribution >= 0.6 is 0 Å². The quantitative estimate of drug-likeness (QED) is 0.655. The van der Waals surface area contributed by atoms with Crippen molar-refractivity contribution in [3.05, 3.63) is 35.4 Å². The Hall–Kier alpha value is -0.820. The Morgan fingerprint density at radius 1 is 1.25 bits per heavy atom. The van der Waals surface area contributed by atoms with Gasteiger partial charge in [0, 0.05) is 7.11 Å². The summed E-state index contributed by atoms with van der Waals surface area (Å²) < 4.78 is 4.98. The molecule has 1 nitrogen and oxygen atoms in total. The number of aryl methyl sites for hydroxylation is 1. The van der Waals surface area contributed by atoms with Gasteiger partial charge in [0.25, 0.3) is 0 Å². The van der Waals surface area contributed by atoms with Gasteiger partial charge in [-0.2, -0.15) is 0 Å². The molecule has 0 saturated heterocycles. The van der Waals surface area contributed by atoms with E-state index in [2.05, 4.69) is 25.1 Å². The molecular formula is C11H18O. The topological polar surface area (TPSA) is 9.23 Å². The molecule has 0 aliphatic carbocycles. The summed E-state index contributed by atoms with van der Waals surface area (Å²) in [6.07, 6.45) is 0.